The summed E-state index contributed by atoms with van der Waals surface area (Å²) in [6.07, 6.45) is 0. The van der Waals surface area contributed by atoms with Gasteiger partial charge in [0, 0.05) is 24.5 Å². The van der Waals surface area contributed by atoms with Gasteiger partial charge in [0.2, 0.25) is 0 Å². The van der Waals surface area contributed by atoms with Crippen LogP contribution < -0.4 is 15.4 Å². The maximum absolute atomic E-state index is 6.06. The van der Waals surface area contributed by atoms with E-state index in [2.05, 4.69) is 10.6 Å². The van der Waals surface area contributed by atoms with Gasteiger partial charge in [-0.1, -0.05) is 29.8 Å². The Balaban J connectivity index is 1.78. The Morgan fingerprint density at radius 2 is 1.63 bits per heavy atom. The molecule has 19 heavy (non-hydrogen) atoms. The van der Waals surface area contributed by atoms with Crippen LogP contribution in [0.25, 0.3) is 0 Å². The first-order valence-electron chi connectivity index (χ1n) is 6.16. The van der Waals surface area contributed by atoms with E-state index in [9.17, 15) is 0 Å². The van der Waals surface area contributed by atoms with Crippen molar-refractivity contribution in [2.75, 3.05) is 30.8 Å². The molecular formula is C15H17ClN2O. The van der Waals surface area contributed by atoms with Crippen LogP contribution in [0.5, 0.6) is 5.75 Å². The summed E-state index contributed by atoms with van der Waals surface area (Å²) in [6, 6.07) is 15.8. The van der Waals surface area contributed by atoms with Crippen LogP contribution in [0.1, 0.15) is 0 Å². The van der Waals surface area contributed by atoms with Gasteiger partial charge in [0.1, 0.15) is 5.75 Å². The molecule has 100 valence electrons. The zero-order valence-corrected chi connectivity index (χ0v) is 11.6. The third-order valence-electron chi connectivity index (χ3n) is 2.71. The average molecular weight is 277 g/mol. The number of methoxy groups -OCH3 is 1. The van der Waals surface area contributed by atoms with Gasteiger partial charge in [0.15, 0.2) is 0 Å². The van der Waals surface area contributed by atoms with Gasteiger partial charge in [-0.3, -0.25) is 0 Å². The summed E-state index contributed by atoms with van der Waals surface area (Å²) >= 11 is 6.06. The molecule has 2 aromatic carbocycles. The smallest absolute Gasteiger partial charge is 0.137 e. The van der Waals surface area contributed by atoms with Crippen LogP contribution in [-0.2, 0) is 0 Å². The Morgan fingerprint density at radius 3 is 2.26 bits per heavy atom. The fraction of sp³-hybridized carbons (Fsp3) is 0.200. The highest BCUT2D eigenvalue weighted by Crippen LogP contribution is 2.26. The van der Waals surface area contributed by atoms with Crippen molar-refractivity contribution in [3.8, 4) is 5.75 Å². The molecule has 4 heteroatoms. The van der Waals surface area contributed by atoms with Crippen molar-refractivity contribution in [1.82, 2.24) is 0 Å². The summed E-state index contributed by atoms with van der Waals surface area (Å²) in [4.78, 5) is 0. The first-order valence-corrected chi connectivity index (χ1v) is 6.54. The summed E-state index contributed by atoms with van der Waals surface area (Å²) < 4.78 is 5.11. The molecule has 0 unspecified atom stereocenters. The minimum Gasteiger partial charge on any atom is -0.495 e. The molecule has 0 atom stereocenters. The Labute approximate surface area is 118 Å². The van der Waals surface area contributed by atoms with E-state index in [-0.39, 0.29) is 0 Å². The highest BCUT2D eigenvalue weighted by molar-refractivity contribution is 6.32. The molecule has 2 rings (SSSR count). The first-order chi connectivity index (χ1) is 9.29. The number of hydrogen-bond donors (Lipinski definition) is 2. The molecule has 0 bridgehead atoms. The fourth-order valence-electron chi connectivity index (χ4n) is 1.75. The number of ether oxygens (including phenoxy) is 1. The van der Waals surface area contributed by atoms with Crippen LogP contribution in [0.2, 0.25) is 5.02 Å². The van der Waals surface area contributed by atoms with E-state index in [0.29, 0.717) is 10.8 Å². The third-order valence-corrected chi connectivity index (χ3v) is 3.00. The maximum Gasteiger partial charge on any atom is 0.137 e. The average Bonchev–Trinajstić information content (AvgIpc) is 2.45. The van der Waals surface area contributed by atoms with Crippen LogP contribution in [-0.4, -0.2) is 20.2 Å². The van der Waals surface area contributed by atoms with Crippen molar-refractivity contribution in [2.45, 2.75) is 0 Å². The van der Waals surface area contributed by atoms with E-state index in [0.717, 1.165) is 24.5 Å². The predicted molar refractivity (Wildman–Crippen MR) is 81.4 cm³/mol. The number of nitrogens with one attached hydrogen (secondary N) is 2. The molecule has 0 radical (unpaired) electrons. The van der Waals surface area contributed by atoms with E-state index in [1.54, 1.807) is 7.11 Å². The van der Waals surface area contributed by atoms with Crippen molar-refractivity contribution in [2.24, 2.45) is 0 Å². The van der Waals surface area contributed by atoms with Gasteiger partial charge in [-0.25, -0.2) is 0 Å². The Kier molecular flexibility index (Phi) is 4.93. The lowest BCUT2D eigenvalue weighted by Crippen LogP contribution is -2.13. The zero-order chi connectivity index (χ0) is 13.5. The lowest BCUT2D eigenvalue weighted by atomic mass is 10.3. The number of benzene rings is 2. The van der Waals surface area contributed by atoms with Crippen molar-refractivity contribution < 1.29 is 4.74 Å². The molecule has 0 amide bonds. The van der Waals surface area contributed by atoms with Crippen LogP contribution in [0.3, 0.4) is 0 Å². The second-order valence-electron chi connectivity index (χ2n) is 4.07. The number of anilines is 2. The maximum atomic E-state index is 6.06. The summed E-state index contributed by atoms with van der Waals surface area (Å²) in [7, 11) is 1.61. The number of halogens is 1. The predicted octanol–water partition coefficient (Wildman–Crippen LogP) is 3.87. The molecule has 0 aliphatic carbocycles. The van der Waals surface area contributed by atoms with Crippen LogP contribution in [0, 0.1) is 0 Å². The molecule has 2 aromatic rings. The minimum absolute atomic E-state index is 0.614. The lowest BCUT2D eigenvalue weighted by Gasteiger charge is -2.10. The van der Waals surface area contributed by atoms with E-state index in [1.807, 2.05) is 48.5 Å². The number of hydrogen-bond acceptors (Lipinski definition) is 3. The van der Waals surface area contributed by atoms with Gasteiger partial charge < -0.3 is 15.4 Å². The molecule has 0 fully saturated rings. The SMILES string of the molecule is COc1ccc(NCCNc2ccccc2)cc1Cl. The van der Waals surface area contributed by atoms with Crippen LogP contribution in [0.4, 0.5) is 11.4 Å². The van der Waals surface area contributed by atoms with Crippen molar-refractivity contribution in [3.63, 3.8) is 0 Å². The zero-order valence-electron chi connectivity index (χ0n) is 10.8. The molecule has 0 saturated heterocycles. The monoisotopic (exact) mass is 276 g/mol. The first kappa shape index (κ1) is 13.6. The second kappa shape index (κ2) is 6.90. The normalized spacial score (nSPS) is 10.0. The molecule has 0 saturated carbocycles. The Hall–Kier alpha value is -1.87. The van der Waals surface area contributed by atoms with Gasteiger partial charge in [0.05, 0.1) is 12.1 Å². The quantitative estimate of drug-likeness (QED) is 0.786. The van der Waals surface area contributed by atoms with Gasteiger partial charge >= 0.3 is 0 Å². The largest absolute Gasteiger partial charge is 0.495 e. The molecule has 3 nitrogen and oxygen atoms in total. The molecule has 0 aromatic heterocycles. The third kappa shape index (κ3) is 4.07. The topological polar surface area (TPSA) is 33.3 Å². The number of rotatable bonds is 6. The molecule has 0 spiro atoms. The van der Waals surface area contributed by atoms with Crippen molar-refractivity contribution in [3.05, 3.63) is 53.6 Å². The number of para-hydroxylation sites is 1. The highest BCUT2D eigenvalue weighted by atomic mass is 35.5. The van der Waals surface area contributed by atoms with E-state index >= 15 is 0 Å². The summed E-state index contributed by atoms with van der Waals surface area (Å²) in [5.41, 5.74) is 2.11. The molecule has 0 aliphatic heterocycles. The van der Waals surface area contributed by atoms with Crippen molar-refractivity contribution in [1.29, 1.82) is 0 Å². The summed E-state index contributed by atoms with van der Waals surface area (Å²) in [6.45, 7) is 1.66. The van der Waals surface area contributed by atoms with Crippen molar-refractivity contribution >= 4 is 23.0 Å². The summed E-state index contributed by atoms with van der Waals surface area (Å²) in [5, 5.41) is 7.25. The summed E-state index contributed by atoms with van der Waals surface area (Å²) in [5.74, 6) is 0.689. The van der Waals surface area contributed by atoms with E-state index in [4.69, 9.17) is 16.3 Å². The second-order valence-corrected chi connectivity index (χ2v) is 4.48. The van der Waals surface area contributed by atoms with Gasteiger partial charge in [0.25, 0.3) is 0 Å². The molecule has 2 N–H and O–H groups in total. The lowest BCUT2D eigenvalue weighted by molar-refractivity contribution is 0.415. The van der Waals surface area contributed by atoms with E-state index in [1.165, 1.54) is 0 Å². The Bertz CT molecular complexity index is 517. The van der Waals surface area contributed by atoms with Gasteiger partial charge in [-0.2, -0.15) is 0 Å². The molecule has 0 aliphatic rings. The Morgan fingerprint density at radius 1 is 0.947 bits per heavy atom. The minimum atomic E-state index is 0.614. The van der Waals surface area contributed by atoms with Crippen LogP contribution >= 0.6 is 11.6 Å². The standard InChI is InChI=1S/C15H17ClN2O/c1-19-15-8-7-13(11-14(15)16)18-10-9-17-12-5-3-2-4-6-12/h2-8,11,17-18H,9-10H2,1H3. The molecular weight excluding hydrogens is 260 g/mol. The van der Waals surface area contributed by atoms with E-state index < -0.39 is 0 Å². The van der Waals surface area contributed by atoms with Gasteiger partial charge in [-0.05, 0) is 30.3 Å². The fourth-order valence-corrected chi connectivity index (χ4v) is 2.00. The van der Waals surface area contributed by atoms with Gasteiger partial charge in [-0.15, -0.1) is 0 Å². The molecule has 0 heterocycles. The highest BCUT2D eigenvalue weighted by Gasteiger charge is 2.00. The van der Waals surface area contributed by atoms with Crippen LogP contribution in [0.15, 0.2) is 48.5 Å².